The number of nitrogens with zero attached hydrogens (tertiary/aromatic N) is 2. The fraction of sp³-hybridized carbons (Fsp3) is 0.733. The minimum Gasteiger partial charge on any atom is -0.370 e. The summed E-state index contributed by atoms with van der Waals surface area (Å²) in [5, 5.41) is 6.93. The zero-order valence-corrected chi connectivity index (χ0v) is 12.6. The van der Waals surface area contributed by atoms with Crippen LogP contribution in [0.15, 0.2) is 6.33 Å². The fourth-order valence-corrected chi connectivity index (χ4v) is 2.15. The van der Waals surface area contributed by atoms with Crippen LogP contribution >= 0.6 is 0 Å². The monoisotopic (exact) mass is 262 g/mol. The molecule has 1 fully saturated rings. The Balaban J connectivity index is 2.15. The third kappa shape index (κ3) is 3.58. The summed E-state index contributed by atoms with van der Waals surface area (Å²) < 4.78 is 0. The standard InChI is InChI=1S/C15H26N4/c1-5-8-16-13-12(11(2)3)14(19-10-18-13)17-9-15(4)6-7-15/h10-11H,5-9H2,1-4H3,(H2,16,17,18,19). The van der Waals surface area contributed by atoms with Crippen LogP contribution in [0.1, 0.15) is 58.4 Å². The quantitative estimate of drug-likeness (QED) is 0.787. The van der Waals surface area contributed by atoms with Gasteiger partial charge in [0.1, 0.15) is 18.0 Å². The Morgan fingerprint density at radius 3 is 2.37 bits per heavy atom. The molecular formula is C15H26N4. The number of aromatic nitrogens is 2. The number of hydrogen-bond donors (Lipinski definition) is 2. The van der Waals surface area contributed by atoms with Gasteiger partial charge in [-0.2, -0.15) is 0 Å². The summed E-state index contributed by atoms with van der Waals surface area (Å²) >= 11 is 0. The molecule has 1 aromatic rings. The largest absolute Gasteiger partial charge is 0.370 e. The highest BCUT2D eigenvalue weighted by Gasteiger charge is 2.37. The van der Waals surface area contributed by atoms with E-state index in [1.54, 1.807) is 6.33 Å². The van der Waals surface area contributed by atoms with E-state index in [2.05, 4.69) is 48.3 Å². The number of rotatable bonds is 7. The van der Waals surface area contributed by atoms with E-state index in [-0.39, 0.29) is 0 Å². The predicted molar refractivity (Wildman–Crippen MR) is 80.7 cm³/mol. The van der Waals surface area contributed by atoms with Gasteiger partial charge in [-0.25, -0.2) is 9.97 Å². The van der Waals surface area contributed by atoms with E-state index < -0.39 is 0 Å². The highest BCUT2D eigenvalue weighted by molar-refractivity contribution is 5.59. The van der Waals surface area contributed by atoms with Gasteiger partial charge in [0, 0.05) is 18.7 Å². The van der Waals surface area contributed by atoms with Crippen molar-refractivity contribution in [3.8, 4) is 0 Å². The average Bonchev–Trinajstić information content (AvgIpc) is 3.12. The second-order valence-electron chi connectivity index (χ2n) is 6.23. The normalized spacial score (nSPS) is 16.5. The molecule has 0 spiro atoms. The van der Waals surface area contributed by atoms with Gasteiger partial charge in [-0.15, -0.1) is 0 Å². The van der Waals surface area contributed by atoms with E-state index in [1.165, 1.54) is 18.4 Å². The first-order chi connectivity index (χ1) is 9.06. The molecule has 1 heterocycles. The topological polar surface area (TPSA) is 49.8 Å². The molecule has 2 rings (SSSR count). The Morgan fingerprint density at radius 1 is 1.21 bits per heavy atom. The van der Waals surface area contributed by atoms with E-state index in [0.29, 0.717) is 11.3 Å². The summed E-state index contributed by atoms with van der Waals surface area (Å²) in [6, 6.07) is 0. The molecule has 4 nitrogen and oxygen atoms in total. The van der Waals surface area contributed by atoms with Gasteiger partial charge in [0.05, 0.1) is 0 Å². The Hall–Kier alpha value is -1.32. The van der Waals surface area contributed by atoms with Gasteiger partial charge in [-0.1, -0.05) is 27.7 Å². The van der Waals surface area contributed by atoms with Crippen LogP contribution in [0.25, 0.3) is 0 Å². The van der Waals surface area contributed by atoms with Crippen molar-refractivity contribution >= 4 is 11.6 Å². The summed E-state index contributed by atoms with van der Waals surface area (Å²) in [5.74, 6) is 2.39. The Morgan fingerprint density at radius 2 is 1.84 bits per heavy atom. The minimum absolute atomic E-state index is 0.412. The van der Waals surface area contributed by atoms with E-state index in [0.717, 1.165) is 31.1 Å². The first kappa shape index (κ1) is 14.1. The third-order valence-corrected chi connectivity index (χ3v) is 3.79. The van der Waals surface area contributed by atoms with Crippen molar-refractivity contribution in [2.45, 2.75) is 52.9 Å². The highest BCUT2D eigenvalue weighted by atomic mass is 15.1. The average molecular weight is 262 g/mol. The van der Waals surface area contributed by atoms with Crippen molar-refractivity contribution < 1.29 is 0 Å². The maximum atomic E-state index is 4.44. The number of hydrogen-bond acceptors (Lipinski definition) is 4. The first-order valence-electron chi connectivity index (χ1n) is 7.38. The van der Waals surface area contributed by atoms with Gasteiger partial charge in [-0.3, -0.25) is 0 Å². The molecule has 1 aliphatic carbocycles. The molecule has 0 unspecified atom stereocenters. The summed E-state index contributed by atoms with van der Waals surface area (Å²) in [4.78, 5) is 8.83. The van der Waals surface area contributed by atoms with Gasteiger partial charge in [0.25, 0.3) is 0 Å². The second kappa shape index (κ2) is 5.76. The van der Waals surface area contributed by atoms with E-state index in [9.17, 15) is 0 Å². The number of anilines is 2. The van der Waals surface area contributed by atoms with Crippen LogP contribution in [0.2, 0.25) is 0 Å². The van der Waals surface area contributed by atoms with E-state index in [4.69, 9.17) is 0 Å². The SMILES string of the molecule is CCCNc1ncnc(NCC2(C)CC2)c1C(C)C. The lowest BCUT2D eigenvalue weighted by molar-refractivity contribution is 0.608. The van der Waals surface area contributed by atoms with Crippen LogP contribution in [0.4, 0.5) is 11.6 Å². The van der Waals surface area contributed by atoms with Crippen molar-refractivity contribution in [1.29, 1.82) is 0 Å². The molecule has 1 aromatic heterocycles. The minimum atomic E-state index is 0.412. The molecule has 1 saturated carbocycles. The van der Waals surface area contributed by atoms with E-state index in [1.807, 2.05) is 0 Å². The molecule has 0 aliphatic heterocycles. The molecule has 0 radical (unpaired) electrons. The van der Waals surface area contributed by atoms with Crippen LogP contribution in [0.5, 0.6) is 0 Å². The third-order valence-electron chi connectivity index (χ3n) is 3.79. The molecule has 0 atom stereocenters. The first-order valence-corrected chi connectivity index (χ1v) is 7.38. The lowest BCUT2D eigenvalue weighted by Gasteiger charge is -2.19. The summed E-state index contributed by atoms with van der Waals surface area (Å²) in [6.45, 7) is 10.8. The molecule has 1 aliphatic rings. The maximum Gasteiger partial charge on any atom is 0.135 e. The predicted octanol–water partition coefficient (Wildman–Crippen LogP) is 3.63. The lowest BCUT2D eigenvalue weighted by Crippen LogP contribution is -2.16. The van der Waals surface area contributed by atoms with Gasteiger partial charge >= 0.3 is 0 Å². The zero-order chi connectivity index (χ0) is 13.9. The molecular weight excluding hydrogens is 236 g/mol. The smallest absolute Gasteiger partial charge is 0.135 e. The summed E-state index contributed by atoms with van der Waals surface area (Å²) in [6.07, 6.45) is 5.40. The summed E-state index contributed by atoms with van der Waals surface area (Å²) in [5.41, 5.74) is 1.69. The molecule has 106 valence electrons. The zero-order valence-electron chi connectivity index (χ0n) is 12.6. The molecule has 0 bridgehead atoms. The Labute approximate surface area is 116 Å². The van der Waals surface area contributed by atoms with E-state index >= 15 is 0 Å². The van der Waals surface area contributed by atoms with Crippen molar-refractivity contribution in [2.75, 3.05) is 23.7 Å². The van der Waals surface area contributed by atoms with Crippen molar-refractivity contribution in [3.05, 3.63) is 11.9 Å². The molecule has 2 N–H and O–H groups in total. The Kier molecular flexibility index (Phi) is 4.27. The number of nitrogens with one attached hydrogen (secondary N) is 2. The molecule has 19 heavy (non-hydrogen) atoms. The molecule has 4 heteroatoms. The van der Waals surface area contributed by atoms with Crippen LogP contribution < -0.4 is 10.6 Å². The van der Waals surface area contributed by atoms with Crippen LogP contribution in [0.3, 0.4) is 0 Å². The second-order valence-corrected chi connectivity index (χ2v) is 6.23. The summed E-state index contributed by atoms with van der Waals surface area (Å²) in [7, 11) is 0. The fourth-order valence-electron chi connectivity index (χ4n) is 2.15. The van der Waals surface area contributed by atoms with Crippen LogP contribution in [-0.4, -0.2) is 23.1 Å². The van der Waals surface area contributed by atoms with Crippen LogP contribution in [-0.2, 0) is 0 Å². The van der Waals surface area contributed by atoms with Gasteiger partial charge in [-0.05, 0) is 30.6 Å². The lowest BCUT2D eigenvalue weighted by atomic mass is 10.0. The van der Waals surface area contributed by atoms with Gasteiger partial charge in [0.2, 0.25) is 0 Å². The van der Waals surface area contributed by atoms with Crippen molar-refractivity contribution in [3.63, 3.8) is 0 Å². The van der Waals surface area contributed by atoms with Gasteiger partial charge < -0.3 is 10.6 Å². The Bertz CT molecular complexity index is 424. The molecule has 0 aromatic carbocycles. The highest BCUT2D eigenvalue weighted by Crippen LogP contribution is 2.45. The van der Waals surface area contributed by atoms with Crippen molar-refractivity contribution in [1.82, 2.24) is 9.97 Å². The van der Waals surface area contributed by atoms with Crippen LogP contribution in [0, 0.1) is 5.41 Å². The van der Waals surface area contributed by atoms with Gasteiger partial charge in [0.15, 0.2) is 0 Å². The maximum absolute atomic E-state index is 4.44. The molecule has 0 amide bonds. The molecule has 0 saturated heterocycles. The van der Waals surface area contributed by atoms with Crippen molar-refractivity contribution in [2.24, 2.45) is 5.41 Å².